The Morgan fingerprint density at radius 3 is 2.29 bits per heavy atom. The number of hydrogen-bond donors (Lipinski definition) is 1. The summed E-state index contributed by atoms with van der Waals surface area (Å²) in [6.07, 6.45) is -2.33. The molecular formula is C18H27F3N2O. The quantitative estimate of drug-likeness (QED) is 0.859. The molecule has 1 atom stereocenters. The third-order valence-corrected chi connectivity index (χ3v) is 4.88. The molecule has 6 heteroatoms. The number of aliphatic hydroxyl groups excluding tert-OH is 1. The Kier molecular flexibility index (Phi) is 6.66. The molecule has 3 nitrogen and oxygen atoms in total. The van der Waals surface area contributed by atoms with Gasteiger partial charge in [-0.15, -0.1) is 0 Å². The maximum atomic E-state index is 12.6. The van der Waals surface area contributed by atoms with E-state index in [1.165, 1.54) is 12.1 Å². The van der Waals surface area contributed by atoms with Crippen molar-refractivity contribution in [2.75, 3.05) is 33.2 Å². The number of benzene rings is 1. The van der Waals surface area contributed by atoms with Crippen LogP contribution in [0.2, 0.25) is 0 Å². The van der Waals surface area contributed by atoms with Crippen LogP contribution in [0.5, 0.6) is 0 Å². The first kappa shape index (κ1) is 19.2. The summed E-state index contributed by atoms with van der Waals surface area (Å²) in [4.78, 5) is 4.60. The van der Waals surface area contributed by atoms with Crippen molar-refractivity contribution in [2.24, 2.45) is 0 Å². The lowest BCUT2D eigenvalue weighted by Gasteiger charge is -2.37. The van der Waals surface area contributed by atoms with Gasteiger partial charge in [0, 0.05) is 12.6 Å². The zero-order valence-corrected chi connectivity index (χ0v) is 14.4. The van der Waals surface area contributed by atoms with Gasteiger partial charge in [0.1, 0.15) is 0 Å². The molecule has 1 aromatic rings. The normalized spacial score (nSPS) is 19.0. The van der Waals surface area contributed by atoms with Gasteiger partial charge in [0.2, 0.25) is 0 Å². The van der Waals surface area contributed by atoms with Crippen LogP contribution >= 0.6 is 0 Å². The summed E-state index contributed by atoms with van der Waals surface area (Å²) in [6, 6.07) is 5.52. The van der Waals surface area contributed by atoms with E-state index in [2.05, 4.69) is 16.7 Å². The predicted octanol–water partition coefficient (Wildman–Crippen LogP) is 3.02. The zero-order valence-electron chi connectivity index (χ0n) is 14.4. The number of halogens is 3. The Morgan fingerprint density at radius 2 is 1.79 bits per heavy atom. The second-order valence-electron chi connectivity index (χ2n) is 6.66. The maximum Gasteiger partial charge on any atom is 0.416 e. The molecule has 0 saturated carbocycles. The van der Waals surface area contributed by atoms with Crippen molar-refractivity contribution in [3.05, 3.63) is 35.4 Å². The van der Waals surface area contributed by atoms with Crippen LogP contribution in [0.4, 0.5) is 13.2 Å². The molecule has 0 aromatic heterocycles. The predicted molar refractivity (Wildman–Crippen MR) is 88.9 cm³/mol. The molecule has 1 aliphatic heterocycles. The Labute approximate surface area is 142 Å². The number of rotatable bonds is 6. The first-order valence-electron chi connectivity index (χ1n) is 8.56. The summed E-state index contributed by atoms with van der Waals surface area (Å²) in [7, 11) is 2.02. The van der Waals surface area contributed by atoms with E-state index in [4.69, 9.17) is 0 Å². The van der Waals surface area contributed by atoms with Gasteiger partial charge in [-0.05, 0) is 63.6 Å². The second-order valence-corrected chi connectivity index (χ2v) is 6.66. The molecule has 0 bridgehead atoms. The van der Waals surface area contributed by atoms with E-state index in [1.54, 1.807) is 0 Å². The summed E-state index contributed by atoms with van der Waals surface area (Å²) in [5, 5.41) is 10.3. The fraction of sp³-hybridized carbons (Fsp3) is 0.667. The maximum absolute atomic E-state index is 12.6. The molecule has 0 spiro atoms. The summed E-state index contributed by atoms with van der Waals surface area (Å²) < 4.78 is 37.7. The first-order valence-corrected chi connectivity index (χ1v) is 8.56. The minimum Gasteiger partial charge on any atom is -0.391 e. The third-order valence-electron chi connectivity index (χ3n) is 4.88. The molecule has 0 radical (unpaired) electrons. The molecule has 1 fully saturated rings. The van der Waals surface area contributed by atoms with Crippen molar-refractivity contribution in [1.29, 1.82) is 0 Å². The molecule has 2 rings (SSSR count). The fourth-order valence-electron chi connectivity index (χ4n) is 3.32. The van der Waals surface area contributed by atoms with Crippen LogP contribution in [0.25, 0.3) is 0 Å². The highest BCUT2D eigenvalue weighted by atomic mass is 19.4. The van der Waals surface area contributed by atoms with Gasteiger partial charge in [-0.1, -0.05) is 19.1 Å². The molecule has 1 unspecified atom stereocenters. The van der Waals surface area contributed by atoms with Crippen molar-refractivity contribution in [3.8, 4) is 0 Å². The lowest BCUT2D eigenvalue weighted by molar-refractivity contribution is -0.137. The van der Waals surface area contributed by atoms with Crippen LogP contribution in [0.1, 0.15) is 30.9 Å². The molecule has 136 valence electrons. The largest absolute Gasteiger partial charge is 0.416 e. The fourth-order valence-corrected chi connectivity index (χ4v) is 3.32. The summed E-state index contributed by atoms with van der Waals surface area (Å²) in [5.74, 6) is 0. The van der Waals surface area contributed by atoms with Gasteiger partial charge in [0.25, 0.3) is 0 Å². The molecule has 1 aliphatic rings. The number of likely N-dealkylation sites (tertiary alicyclic amines) is 1. The Hall–Kier alpha value is -1.11. The van der Waals surface area contributed by atoms with E-state index in [0.29, 0.717) is 19.0 Å². The van der Waals surface area contributed by atoms with Crippen LogP contribution in [0.15, 0.2) is 24.3 Å². The Morgan fingerprint density at radius 1 is 1.21 bits per heavy atom. The molecule has 1 N–H and O–H groups in total. The number of alkyl halides is 3. The Bertz CT molecular complexity index is 496. The average Bonchev–Trinajstić information content (AvgIpc) is 2.54. The van der Waals surface area contributed by atoms with E-state index in [-0.39, 0.29) is 0 Å². The van der Waals surface area contributed by atoms with Gasteiger partial charge < -0.3 is 14.9 Å². The van der Waals surface area contributed by atoms with E-state index in [1.807, 2.05) is 7.05 Å². The van der Waals surface area contributed by atoms with Gasteiger partial charge in [0.05, 0.1) is 11.7 Å². The van der Waals surface area contributed by atoms with Crippen molar-refractivity contribution < 1.29 is 18.3 Å². The molecule has 1 aromatic carbocycles. The number of piperidine rings is 1. The van der Waals surface area contributed by atoms with Gasteiger partial charge in [-0.25, -0.2) is 0 Å². The van der Waals surface area contributed by atoms with E-state index in [9.17, 15) is 18.3 Å². The SMILES string of the molecule is CCN1CCC(N(C)CC(O)Cc2ccc(C(F)(F)F)cc2)CC1. The number of aliphatic hydroxyl groups is 1. The monoisotopic (exact) mass is 344 g/mol. The molecule has 0 amide bonds. The van der Waals surface area contributed by atoms with Gasteiger partial charge >= 0.3 is 6.18 Å². The molecule has 24 heavy (non-hydrogen) atoms. The smallest absolute Gasteiger partial charge is 0.391 e. The highest BCUT2D eigenvalue weighted by molar-refractivity contribution is 5.25. The topological polar surface area (TPSA) is 26.7 Å². The average molecular weight is 344 g/mol. The molecular weight excluding hydrogens is 317 g/mol. The van der Waals surface area contributed by atoms with Crippen molar-refractivity contribution in [1.82, 2.24) is 9.80 Å². The van der Waals surface area contributed by atoms with Crippen LogP contribution in [-0.2, 0) is 12.6 Å². The van der Waals surface area contributed by atoms with Crippen LogP contribution < -0.4 is 0 Å². The highest BCUT2D eigenvalue weighted by Gasteiger charge is 2.30. The van der Waals surface area contributed by atoms with E-state index >= 15 is 0 Å². The van der Waals surface area contributed by atoms with Crippen LogP contribution in [0, 0.1) is 0 Å². The Balaban J connectivity index is 1.81. The van der Waals surface area contributed by atoms with Crippen molar-refractivity contribution in [2.45, 2.75) is 44.5 Å². The van der Waals surface area contributed by atoms with Crippen LogP contribution in [-0.4, -0.2) is 60.3 Å². The second kappa shape index (κ2) is 8.32. The lowest BCUT2D eigenvalue weighted by atomic mass is 10.0. The summed E-state index contributed by atoms with van der Waals surface area (Å²) in [5.41, 5.74) is 0.0743. The summed E-state index contributed by atoms with van der Waals surface area (Å²) >= 11 is 0. The van der Waals surface area contributed by atoms with Crippen LogP contribution in [0.3, 0.4) is 0 Å². The third kappa shape index (κ3) is 5.46. The number of nitrogens with zero attached hydrogens (tertiary/aromatic N) is 2. The standard InChI is InChI=1S/C18H27F3N2O/c1-3-23-10-8-16(9-11-23)22(2)13-17(24)12-14-4-6-15(7-5-14)18(19,20)21/h4-7,16-17,24H,3,8-13H2,1-2H3. The first-order chi connectivity index (χ1) is 11.3. The van der Waals surface area contributed by atoms with Crippen molar-refractivity contribution in [3.63, 3.8) is 0 Å². The molecule has 1 heterocycles. The van der Waals surface area contributed by atoms with E-state index < -0.39 is 17.8 Å². The van der Waals surface area contributed by atoms with E-state index in [0.717, 1.165) is 50.2 Å². The minimum absolute atomic E-state index is 0.371. The highest BCUT2D eigenvalue weighted by Crippen LogP contribution is 2.29. The number of likely N-dealkylation sites (N-methyl/N-ethyl adjacent to an activating group) is 1. The van der Waals surface area contributed by atoms with Gasteiger partial charge in [-0.2, -0.15) is 13.2 Å². The number of hydrogen-bond acceptors (Lipinski definition) is 3. The zero-order chi connectivity index (χ0) is 17.7. The molecule has 1 saturated heterocycles. The summed E-state index contributed by atoms with van der Waals surface area (Å²) in [6.45, 7) is 5.95. The van der Waals surface area contributed by atoms with Gasteiger partial charge in [0.15, 0.2) is 0 Å². The minimum atomic E-state index is -4.31. The van der Waals surface area contributed by atoms with Gasteiger partial charge in [-0.3, -0.25) is 0 Å². The van der Waals surface area contributed by atoms with Crippen molar-refractivity contribution >= 4 is 0 Å². The molecule has 0 aliphatic carbocycles. The lowest BCUT2D eigenvalue weighted by Crippen LogP contribution is -2.45.